The summed E-state index contributed by atoms with van der Waals surface area (Å²) < 4.78 is 35.7. The molecule has 0 radical (unpaired) electrons. The van der Waals surface area contributed by atoms with E-state index < -0.39 is 12.7 Å². The summed E-state index contributed by atoms with van der Waals surface area (Å²) in [6.45, 7) is 3.31. The van der Waals surface area contributed by atoms with Gasteiger partial charge in [0.15, 0.2) is 0 Å². The SMILES string of the molecule is CC1CCCN(C(=O)CNCC(F)(F)F)C1C. The number of amides is 1. The Morgan fingerprint density at radius 1 is 1.41 bits per heavy atom. The third-order valence-corrected chi connectivity index (χ3v) is 3.30. The third kappa shape index (κ3) is 4.53. The standard InChI is InChI=1S/C11H19F3N2O/c1-8-4-3-5-16(9(8)2)10(17)6-15-7-11(12,13)14/h8-9,15H,3-7H2,1-2H3. The highest BCUT2D eigenvalue weighted by molar-refractivity contribution is 5.78. The molecule has 0 saturated carbocycles. The first-order chi connectivity index (χ1) is 7.81. The van der Waals surface area contributed by atoms with Crippen LogP contribution in [0.3, 0.4) is 0 Å². The lowest BCUT2D eigenvalue weighted by molar-refractivity contribution is -0.137. The van der Waals surface area contributed by atoms with Crippen LogP contribution in [0.4, 0.5) is 13.2 Å². The van der Waals surface area contributed by atoms with Crippen molar-refractivity contribution in [2.75, 3.05) is 19.6 Å². The van der Waals surface area contributed by atoms with E-state index in [4.69, 9.17) is 0 Å². The smallest absolute Gasteiger partial charge is 0.339 e. The fourth-order valence-electron chi connectivity index (χ4n) is 2.10. The van der Waals surface area contributed by atoms with Gasteiger partial charge in [-0.2, -0.15) is 13.2 Å². The number of hydrogen-bond donors (Lipinski definition) is 1. The van der Waals surface area contributed by atoms with Crippen LogP contribution in [0.1, 0.15) is 26.7 Å². The maximum atomic E-state index is 11.9. The second-order valence-electron chi connectivity index (χ2n) is 4.67. The van der Waals surface area contributed by atoms with Crippen molar-refractivity contribution < 1.29 is 18.0 Å². The fraction of sp³-hybridized carbons (Fsp3) is 0.909. The minimum Gasteiger partial charge on any atom is -0.339 e. The molecular weight excluding hydrogens is 233 g/mol. The third-order valence-electron chi connectivity index (χ3n) is 3.30. The summed E-state index contributed by atoms with van der Waals surface area (Å²) >= 11 is 0. The van der Waals surface area contributed by atoms with Crippen molar-refractivity contribution in [3.63, 3.8) is 0 Å². The van der Waals surface area contributed by atoms with Crippen molar-refractivity contribution in [2.45, 2.75) is 38.9 Å². The molecule has 1 heterocycles. The summed E-state index contributed by atoms with van der Waals surface area (Å²) in [5, 5.41) is 2.14. The first-order valence-electron chi connectivity index (χ1n) is 5.88. The van der Waals surface area contributed by atoms with Gasteiger partial charge in [0.1, 0.15) is 0 Å². The van der Waals surface area contributed by atoms with Gasteiger partial charge >= 0.3 is 6.18 Å². The largest absolute Gasteiger partial charge is 0.401 e. The van der Waals surface area contributed by atoms with Gasteiger partial charge in [0.2, 0.25) is 5.91 Å². The number of likely N-dealkylation sites (tertiary alicyclic amines) is 1. The molecular formula is C11H19F3N2O. The van der Waals surface area contributed by atoms with Gasteiger partial charge in [0.05, 0.1) is 13.1 Å². The van der Waals surface area contributed by atoms with Crippen molar-refractivity contribution in [2.24, 2.45) is 5.92 Å². The van der Waals surface area contributed by atoms with E-state index in [0.29, 0.717) is 12.5 Å². The van der Waals surface area contributed by atoms with Crippen LogP contribution in [0.2, 0.25) is 0 Å². The normalized spacial score (nSPS) is 26.1. The quantitative estimate of drug-likeness (QED) is 0.830. The van der Waals surface area contributed by atoms with Crippen LogP contribution in [0, 0.1) is 5.92 Å². The Morgan fingerprint density at radius 2 is 2.06 bits per heavy atom. The van der Waals surface area contributed by atoms with Crippen LogP contribution >= 0.6 is 0 Å². The van der Waals surface area contributed by atoms with Crippen LogP contribution in [-0.2, 0) is 4.79 Å². The Balaban J connectivity index is 2.37. The van der Waals surface area contributed by atoms with Gasteiger partial charge in [-0.25, -0.2) is 0 Å². The molecule has 100 valence electrons. The summed E-state index contributed by atoms with van der Waals surface area (Å²) in [6.07, 6.45) is -2.27. The number of carbonyl (C=O) groups excluding carboxylic acids is 1. The fourth-order valence-corrected chi connectivity index (χ4v) is 2.10. The van der Waals surface area contributed by atoms with Gasteiger partial charge in [-0.3, -0.25) is 4.79 Å². The molecule has 0 aromatic rings. The highest BCUT2D eigenvalue weighted by Gasteiger charge is 2.30. The number of hydrogen-bond acceptors (Lipinski definition) is 2. The molecule has 0 spiro atoms. The van der Waals surface area contributed by atoms with E-state index in [1.807, 2.05) is 6.92 Å². The zero-order chi connectivity index (χ0) is 13.1. The molecule has 2 unspecified atom stereocenters. The van der Waals surface area contributed by atoms with Crippen molar-refractivity contribution >= 4 is 5.91 Å². The summed E-state index contributed by atoms with van der Waals surface area (Å²) in [5.41, 5.74) is 0. The lowest BCUT2D eigenvalue weighted by Gasteiger charge is -2.38. The highest BCUT2D eigenvalue weighted by Crippen LogP contribution is 2.22. The number of alkyl halides is 3. The molecule has 0 bridgehead atoms. The number of piperidine rings is 1. The van der Waals surface area contributed by atoms with Crippen LogP contribution in [0.5, 0.6) is 0 Å². The molecule has 0 aromatic heterocycles. The average Bonchev–Trinajstić information content (AvgIpc) is 2.20. The van der Waals surface area contributed by atoms with E-state index in [-0.39, 0.29) is 18.5 Å². The number of carbonyl (C=O) groups is 1. The highest BCUT2D eigenvalue weighted by atomic mass is 19.4. The average molecular weight is 252 g/mol. The molecule has 6 heteroatoms. The molecule has 0 aromatic carbocycles. The number of halogens is 3. The Kier molecular flexibility index (Phi) is 4.80. The van der Waals surface area contributed by atoms with Crippen molar-refractivity contribution in [1.29, 1.82) is 0 Å². The molecule has 1 amide bonds. The van der Waals surface area contributed by atoms with Crippen molar-refractivity contribution in [3.05, 3.63) is 0 Å². The molecule has 1 saturated heterocycles. The molecule has 17 heavy (non-hydrogen) atoms. The van der Waals surface area contributed by atoms with Crippen molar-refractivity contribution in [1.82, 2.24) is 10.2 Å². The van der Waals surface area contributed by atoms with Gasteiger partial charge in [0, 0.05) is 12.6 Å². The molecule has 3 nitrogen and oxygen atoms in total. The van der Waals surface area contributed by atoms with Gasteiger partial charge in [-0.05, 0) is 25.7 Å². The monoisotopic (exact) mass is 252 g/mol. The minimum absolute atomic E-state index is 0.115. The zero-order valence-electron chi connectivity index (χ0n) is 10.2. The minimum atomic E-state index is -4.26. The maximum Gasteiger partial charge on any atom is 0.401 e. The van der Waals surface area contributed by atoms with Gasteiger partial charge in [-0.15, -0.1) is 0 Å². The van der Waals surface area contributed by atoms with Crippen LogP contribution < -0.4 is 5.32 Å². The molecule has 0 aliphatic carbocycles. The van der Waals surface area contributed by atoms with E-state index in [2.05, 4.69) is 12.2 Å². The van der Waals surface area contributed by atoms with E-state index >= 15 is 0 Å². The van der Waals surface area contributed by atoms with Gasteiger partial charge in [0.25, 0.3) is 0 Å². The Labute approximate surface area is 99.4 Å². The first kappa shape index (κ1) is 14.3. The zero-order valence-corrected chi connectivity index (χ0v) is 10.2. The number of nitrogens with zero attached hydrogens (tertiary/aromatic N) is 1. The molecule has 1 aliphatic rings. The van der Waals surface area contributed by atoms with Crippen LogP contribution in [-0.4, -0.2) is 42.7 Å². The number of rotatable bonds is 3. The van der Waals surface area contributed by atoms with E-state index in [9.17, 15) is 18.0 Å². The van der Waals surface area contributed by atoms with E-state index in [1.54, 1.807) is 4.90 Å². The predicted octanol–water partition coefficient (Wildman–Crippen LogP) is 1.79. The Bertz CT molecular complexity index is 268. The number of nitrogens with one attached hydrogen (secondary N) is 1. The molecule has 1 N–H and O–H groups in total. The predicted molar refractivity (Wildman–Crippen MR) is 58.5 cm³/mol. The van der Waals surface area contributed by atoms with Gasteiger partial charge < -0.3 is 10.2 Å². The summed E-state index contributed by atoms with van der Waals surface area (Å²) in [6, 6.07) is 0.115. The maximum absolute atomic E-state index is 11.9. The topological polar surface area (TPSA) is 32.3 Å². The Morgan fingerprint density at radius 3 is 2.65 bits per heavy atom. The second-order valence-corrected chi connectivity index (χ2v) is 4.67. The molecule has 1 fully saturated rings. The molecule has 1 rings (SSSR count). The molecule has 2 atom stereocenters. The summed E-state index contributed by atoms with van der Waals surface area (Å²) in [5.74, 6) is 0.170. The van der Waals surface area contributed by atoms with Crippen LogP contribution in [0.15, 0.2) is 0 Å². The summed E-state index contributed by atoms with van der Waals surface area (Å²) in [4.78, 5) is 13.4. The lowest BCUT2D eigenvalue weighted by Crippen LogP contribution is -2.49. The first-order valence-corrected chi connectivity index (χ1v) is 5.88. The van der Waals surface area contributed by atoms with Crippen LogP contribution in [0.25, 0.3) is 0 Å². The molecule has 1 aliphatic heterocycles. The summed E-state index contributed by atoms with van der Waals surface area (Å²) in [7, 11) is 0. The van der Waals surface area contributed by atoms with Crippen molar-refractivity contribution in [3.8, 4) is 0 Å². The lowest BCUT2D eigenvalue weighted by atomic mass is 9.92. The van der Waals surface area contributed by atoms with Gasteiger partial charge in [-0.1, -0.05) is 6.92 Å². The Hall–Kier alpha value is -0.780. The van der Waals surface area contributed by atoms with E-state index in [1.165, 1.54) is 0 Å². The van der Waals surface area contributed by atoms with E-state index in [0.717, 1.165) is 12.8 Å². The second kappa shape index (κ2) is 5.71.